The third-order valence-corrected chi connectivity index (χ3v) is 11.8. The van der Waals surface area contributed by atoms with Crippen molar-refractivity contribution >= 4 is 64.4 Å². The Morgan fingerprint density at radius 1 is 0.512 bits per heavy atom. The molecule has 0 atom stereocenters. The highest BCUT2D eigenvalue weighted by Gasteiger charge is 2.17. The Labute approximate surface area is 273 Å². The molecule has 0 bridgehead atoms. The summed E-state index contributed by atoms with van der Waals surface area (Å²) in [5.74, 6) is -0.707. The molecular weight excluding hydrogens is 734 g/mol. The fraction of sp³-hybridized carbons (Fsp3) is 0.0588. The molecule has 9 heteroatoms. The Balaban J connectivity index is 1.16. The van der Waals surface area contributed by atoms with Crippen LogP contribution in [0, 0.1) is 11.6 Å². The molecule has 0 aliphatic heterocycles. The van der Waals surface area contributed by atoms with Gasteiger partial charge in [0.25, 0.3) is 0 Å². The van der Waals surface area contributed by atoms with E-state index < -0.39 is 9.84 Å². The van der Waals surface area contributed by atoms with Crippen molar-refractivity contribution in [2.75, 3.05) is 0 Å². The summed E-state index contributed by atoms with van der Waals surface area (Å²) in [7, 11) is -3.43. The van der Waals surface area contributed by atoms with Crippen LogP contribution in [0.3, 0.4) is 0 Å². The number of benzene rings is 4. The first-order valence-electron chi connectivity index (χ1n) is 13.1. The lowest BCUT2D eigenvalue weighted by molar-refractivity contribution is 0.594. The lowest BCUT2D eigenvalue weighted by atomic mass is 10.0. The average Bonchev–Trinajstić information content (AvgIpc) is 3.57. The largest absolute Gasteiger partial charge is 0.228 e. The Bertz CT molecular complexity index is 1860. The van der Waals surface area contributed by atoms with Crippen LogP contribution < -0.4 is 0 Å². The Morgan fingerprint density at radius 2 is 0.837 bits per heavy atom. The highest BCUT2D eigenvalue weighted by atomic mass is 79.9. The molecule has 2 aromatic heterocycles. The minimum absolute atomic E-state index is 0.0701. The van der Waals surface area contributed by atoms with Gasteiger partial charge >= 0.3 is 0 Å². The van der Waals surface area contributed by atoms with Crippen LogP contribution >= 0.6 is 54.5 Å². The fourth-order valence-corrected chi connectivity index (χ4v) is 9.66. The molecule has 0 aliphatic rings. The molecule has 6 rings (SSSR count). The predicted octanol–water partition coefficient (Wildman–Crippen LogP) is 11.4. The van der Waals surface area contributed by atoms with Gasteiger partial charge in [-0.2, -0.15) is 0 Å². The molecule has 0 spiro atoms. The van der Waals surface area contributed by atoms with Crippen LogP contribution in [0.1, 0.15) is 11.1 Å². The van der Waals surface area contributed by atoms with Crippen molar-refractivity contribution < 1.29 is 17.2 Å². The van der Waals surface area contributed by atoms with Crippen LogP contribution in [-0.2, 0) is 21.3 Å². The van der Waals surface area contributed by atoms with E-state index in [-0.39, 0.29) is 23.1 Å². The second-order valence-corrected chi connectivity index (χ2v) is 17.0. The molecule has 43 heavy (non-hydrogen) atoms. The molecule has 0 radical (unpaired) electrons. The highest BCUT2D eigenvalue weighted by Crippen LogP contribution is 2.43. The summed E-state index contributed by atoms with van der Waals surface area (Å²) in [4.78, 5) is 2.02. The number of rotatable bonds is 8. The van der Waals surface area contributed by atoms with Crippen molar-refractivity contribution in [1.82, 2.24) is 0 Å². The van der Waals surface area contributed by atoms with Gasteiger partial charge in [-0.05, 0) is 102 Å². The van der Waals surface area contributed by atoms with Gasteiger partial charge in [0.05, 0.1) is 19.1 Å². The van der Waals surface area contributed by atoms with Crippen molar-refractivity contribution in [2.45, 2.75) is 11.5 Å². The Morgan fingerprint density at radius 3 is 1.19 bits per heavy atom. The van der Waals surface area contributed by atoms with Crippen LogP contribution in [-0.4, -0.2) is 8.42 Å². The van der Waals surface area contributed by atoms with Crippen LogP contribution in [0.5, 0.6) is 0 Å². The van der Waals surface area contributed by atoms with E-state index in [1.165, 1.54) is 24.3 Å². The predicted molar refractivity (Wildman–Crippen MR) is 182 cm³/mol. The van der Waals surface area contributed by atoms with Crippen LogP contribution in [0.15, 0.2) is 117 Å². The molecule has 4 aromatic carbocycles. The quantitative estimate of drug-likeness (QED) is 0.155. The van der Waals surface area contributed by atoms with Gasteiger partial charge in [0.1, 0.15) is 11.6 Å². The monoisotopic (exact) mass is 754 g/mol. The SMILES string of the molecule is O=S(=O)(Cc1ccc(-c2cc(Br)sc2-c2ccc(F)cc2)cc1)Cc1ccc(-c2cc(Br)sc2-c2ccc(F)cc2)cc1. The van der Waals surface area contributed by atoms with E-state index in [1.54, 1.807) is 46.9 Å². The molecule has 0 saturated heterocycles. The van der Waals surface area contributed by atoms with E-state index in [4.69, 9.17) is 0 Å². The third-order valence-electron chi connectivity index (χ3n) is 6.92. The highest BCUT2D eigenvalue weighted by molar-refractivity contribution is 9.11. The summed E-state index contributed by atoms with van der Waals surface area (Å²) in [6.07, 6.45) is 0. The lowest BCUT2D eigenvalue weighted by Crippen LogP contribution is -2.07. The van der Waals surface area contributed by atoms with E-state index in [2.05, 4.69) is 31.9 Å². The van der Waals surface area contributed by atoms with Crippen molar-refractivity contribution in [2.24, 2.45) is 0 Å². The molecule has 0 saturated carbocycles. The van der Waals surface area contributed by atoms with E-state index in [0.29, 0.717) is 11.1 Å². The van der Waals surface area contributed by atoms with Crippen molar-refractivity contribution in [1.29, 1.82) is 0 Å². The standard InChI is InChI=1S/C34H22Br2F2O2S3/c35-31-17-29(33(41-31)25-9-13-27(37)14-10-25)23-5-1-21(2-6-23)19-43(39,40)20-22-3-7-24(8-4-22)30-18-32(36)42-34(30)26-11-15-28(38)16-12-26/h1-18H,19-20H2. The molecular formula is C34H22Br2F2O2S3. The van der Waals surface area contributed by atoms with Crippen molar-refractivity contribution in [3.05, 3.63) is 140 Å². The molecule has 0 aliphatic carbocycles. The normalized spacial score (nSPS) is 11.6. The average molecular weight is 757 g/mol. The molecule has 216 valence electrons. The third kappa shape index (κ3) is 7.07. The second kappa shape index (κ2) is 12.6. The van der Waals surface area contributed by atoms with Gasteiger partial charge in [-0.3, -0.25) is 0 Å². The summed E-state index contributed by atoms with van der Waals surface area (Å²) in [6, 6.07) is 32.0. The van der Waals surface area contributed by atoms with Crippen LogP contribution in [0.2, 0.25) is 0 Å². The Kier molecular flexibility index (Phi) is 8.80. The molecule has 2 heterocycles. The minimum atomic E-state index is -3.43. The molecule has 0 fully saturated rings. The van der Waals surface area contributed by atoms with Crippen LogP contribution in [0.25, 0.3) is 43.1 Å². The summed E-state index contributed by atoms with van der Waals surface area (Å²) < 4.78 is 55.1. The maximum atomic E-state index is 13.5. The molecule has 6 aromatic rings. The molecule has 0 amide bonds. The summed E-state index contributed by atoms with van der Waals surface area (Å²) in [6.45, 7) is 0. The maximum Gasteiger partial charge on any atom is 0.158 e. The summed E-state index contributed by atoms with van der Waals surface area (Å²) >= 11 is 10.3. The zero-order chi connectivity index (χ0) is 30.1. The van der Waals surface area contributed by atoms with Gasteiger partial charge in [0.15, 0.2) is 9.84 Å². The molecule has 0 N–H and O–H groups in total. The summed E-state index contributed by atoms with van der Waals surface area (Å²) in [5.41, 5.74) is 7.17. The van der Waals surface area contributed by atoms with Gasteiger partial charge in [0.2, 0.25) is 0 Å². The zero-order valence-corrected chi connectivity index (χ0v) is 28.0. The van der Waals surface area contributed by atoms with E-state index in [0.717, 1.165) is 50.7 Å². The van der Waals surface area contributed by atoms with Gasteiger partial charge in [-0.25, -0.2) is 17.2 Å². The second-order valence-electron chi connectivity index (χ2n) is 10.0. The van der Waals surface area contributed by atoms with Gasteiger partial charge < -0.3 is 0 Å². The number of halogens is 4. The molecule has 2 nitrogen and oxygen atoms in total. The van der Waals surface area contributed by atoms with Gasteiger partial charge in [-0.15, -0.1) is 22.7 Å². The number of thiophene rings is 2. The lowest BCUT2D eigenvalue weighted by Gasteiger charge is -2.09. The fourth-order valence-electron chi connectivity index (χ4n) is 4.90. The van der Waals surface area contributed by atoms with Gasteiger partial charge in [0, 0.05) is 20.9 Å². The van der Waals surface area contributed by atoms with Crippen molar-refractivity contribution in [3.8, 4) is 43.1 Å². The minimum Gasteiger partial charge on any atom is -0.228 e. The van der Waals surface area contributed by atoms with E-state index in [9.17, 15) is 17.2 Å². The summed E-state index contributed by atoms with van der Waals surface area (Å²) in [5, 5.41) is 0. The topological polar surface area (TPSA) is 34.1 Å². The van der Waals surface area contributed by atoms with Crippen LogP contribution in [0.4, 0.5) is 8.78 Å². The smallest absolute Gasteiger partial charge is 0.158 e. The Hall–Kier alpha value is -2.95. The molecule has 0 unspecified atom stereocenters. The first-order chi connectivity index (χ1) is 20.6. The van der Waals surface area contributed by atoms with E-state index >= 15 is 0 Å². The number of hydrogen-bond donors (Lipinski definition) is 0. The number of sulfone groups is 1. The van der Waals surface area contributed by atoms with E-state index in [1.807, 2.05) is 60.7 Å². The zero-order valence-electron chi connectivity index (χ0n) is 22.4. The maximum absolute atomic E-state index is 13.5. The first-order valence-corrected chi connectivity index (χ1v) is 18.2. The van der Waals surface area contributed by atoms with Crippen molar-refractivity contribution in [3.63, 3.8) is 0 Å². The number of hydrogen-bond acceptors (Lipinski definition) is 4. The first kappa shape index (κ1) is 30.1. The van der Waals surface area contributed by atoms with Gasteiger partial charge in [-0.1, -0.05) is 72.8 Å².